The van der Waals surface area contributed by atoms with Gasteiger partial charge in [0.25, 0.3) is 11.8 Å². The summed E-state index contributed by atoms with van der Waals surface area (Å²) in [5.74, 6) is -0.965. The fourth-order valence-corrected chi connectivity index (χ4v) is 3.26. The van der Waals surface area contributed by atoms with Crippen molar-refractivity contribution in [2.45, 2.75) is 26.4 Å². The molecule has 7 nitrogen and oxygen atoms in total. The Kier molecular flexibility index (Phi) is 6.49. The molecule has 1 atom stereocenters. The van der Waals surface area contributed by atoms with Crippen molar-refractivity contribution >= 4 is 23.5 Å². The molecule has 0 saturated heterocycles. The Labute approximate surface area is 169 Å². The third kappa shape index (κ3) is 4.74. The van der Waals surface area contributed by atoms with E-state index in [1.165, 1.54) is 6.92 Å². The number of nitrogens with zero attached hydrogens (tertiary/aromatic N) is 1. The summed E-state index contributed by atoms with van der Waals surface area (Å²) in [5.41, 5.74) is 2.28. The van der Waals surface area contributed by atoms with Crippen LogP contribution in [0.15, 0.2) is 48.5 Å². The molecular weight excluding hydrogens is 372 g/mol. The van der Waals surface area contributed by atoms with Crippen LogP contribution in [0.1, 0.15) is 29.8 Å². The molecule has 2 amide bonds. The number of hydrogen-bond acceptors (Lipinski definition) is 5. The van der Waals surface area contributed by atoms with Gasteiger partial charge in [-0.2, -0.15) is 0 Å². The molecule has 29 heavy (non-hydrogen) atoms. The number of esters is 1. The van der Waals surface area contributed by atoms with Crippen LogP contribution in [-0.4, -0.2) is 43.6 Å². The Morgan fingerprint density at radius 2 is 1.83 bits per heavy atom. The summed E-state index contributed by atoms with van der Waals surface area (Å²) in [5, 5.41) is 2.51. The molecule has 1 heterocycles. The monoisotopic (exact) mass is 396 g/mol. The standard InChI is InChI=1S/C22H24N2O5/c1-3-28-19-11-7-5-9-17(19)21(26)23-14-20(25)29-15(2)22(27)24-13-12-16-8-4-6-10-18(16)24/h4-11,15H,3,12-14H2,1-2H3,(H,23,26). The predicted octanol–water partition coefficient (Wildman–Crippen LogP) is 2.34. The lowest BCUT2D eigenvalue weighted by atomic mass is 10.2. The normalized spacial score (nSPS) is 13.4. The SMILES string of the molecule is CCOc1ccccc1C(=O)NCC(=O)OC(C)C(=O)N1CCc2ccccc21. The van der Waals surface area contributed by atoms with Gasteiger partial charge in [-0.15, -0.1) is 0 Å². The van der Waals surface area contributed by atoms with Crippen molar-refractivity contribution in [3.63, 3.8) is 0 Å². The number of para-hydroxylation sites is 2. The highest BCUT2D eigenvalue weighted by atomic mass is 16.5. The zero-order valence-corrected chi connectivity index (χ0v) is 16.5. The molecule has 3 rings (SSSR count). The average Bonchev–Trinajstić information content (AvgIpc) is 3.16. The van der Waals surface area contributed by atoms with E-state index >= 15 is 0 Å². The molecule has 7 heteroatoms. The van der Waals surface area contributed by atoms with E-state index in [1.807, 2.05) is 31.2 Å². The second-order valence-electron chi connectivity index (χ2n) is 6.61. The van der Waals surface area contributed by atoms with E-state index in [0.717, 1.165) is 17.7 Å². The molecule has 0 bridgehead atoms. The molecule has 0 fully saturated rings. The van der Waals surface area contributed by atoms with Gasteiger partial charge in [-0.3, -0.25) is 14.4 Å². The molecule has 1 aliphatic heterocycles. The predicted molar refractivity (Wildman–Crippen MR) is 108 cm³/mol. The lowest BCUT2D eigenvalue weighted by Gasteiger charge is -2.21. The molecule has 1 N–H and O–H groups in total. The van der Waals surface area contributed by atoms with Crippen LogP contribution >= 0.6 is 0 Å². The molecule has 0 spiro atoms. The number of carbonyl (C=O) groups is 3. The number of fused-ring (bicyclic) bond motifs is 1. The molecule has 1 unspecified atom stereocenters. The third-order valence-corrected chi connectivity index (χ3v) is 4.63. The van der Waals surface area contributed by atoms with Crippen molar-refractivity contribution in [3.05, 3.63) is 59.7 Å². The highest BCUT2D eigenvalue weighted by molar-refractivity contribution is 6.00. The Morgan fingerprint density at radius 1 is 1.10 bits per heavy atom. The van der Waals surface area contributed by atoms with Gasteiger partial charge in [0.05, 0.1) is 12.2 Å². The molecule has 152 valence electrons. The Balaban J connectivity index is 1.53. The van der Waals surface area contributed by atoms with E-state index in [4.69, 9.17) is 9.47 Å². The first-order chi connectivity index (χ1) is 14.0. The molecular formula is C22H24N2O5. The van der Waals surface area contributed by atoms with Crippen LogP contribution in [0.5, 0.6) is 5.75 Å². The van der Waals surface area contributed by atoms with E-state index in [-0.39, 0.29) is 12.5 Å². The smallest absolute Gasteiger partial charge is 0.326 e. The van der Waals surface area contributed by atoms with Crippen LogP contribution in [0.2, 0.25) is 0 Å². The third-order valence-electron chi connectivity index (χ3n) is 4.63. The van der Waals surface area contributed by atoms with Crippen molar-refractivity contribution in [2.24, 2.45) is 0 Å². The minimum absolute atomic E-state index is 0.281. The summed E-state index contributed by atoms with van der Waals surface area (Å²) in [7, 11) is 0. The second kappa shape index (κ2) is 9.23. The molecule has 2 aromatic rings. The van der Waals surface area contributed by atoms with Crippen LogP contribution in [0.3, 0.4) is 0 Å². The number of anilines is 1. The van der Waals surface area contributed by atoms with Crippen molar-refractivity contribution < 1.29 is 23.9 Å². The van der Waals surface area contributed by atoms with Crippen molar-refractivity contribution in [1.29, 1.82) is 0 Å². The topological polar surface area (TPSA) is 84.9 Å². The van der Waals surface area contributed by atoms with Crippen molar-refractivity contribution in [3.8, 4) is 5.75 Å². The summed E-state index contributed by atoms with van der Waals surface area (Å²) in [6, 6.07) is 14.4. The zero-order chi connectivity index (χ0) is 20.8. The Morgan fingerprint density at radius 3 is 2.62 bits per heavy atom. The quantitative estimate of drug-likeness (QED) is 0.726. The van der Waals surface area contributed by atoms with Crippen LogP contribution < -0.4 is 15.0 Å². The maximum atomic E-state index is 12.7. The lowest BCUT2D eigenvalue weighted by Crippen LogP contribution is -2.41. The molecule has 0 aliphatic carbocycles. The fourth-order valence-electron chi connectivity index (χ4n) is 3.26. The maximum Gasteiger partial charge on any atom is 0.326 e. The van der Waals surface area contributed by atoms with Crippen LogP contribution in [-0.2, 0) is 20.7 Å². The summed E-state index contributed by atoms with van der Waals surface area (Å²) in [4.78, 5) is 38.8. The number of amides is 2. The van der Waals surface area contributed by atoms with E-state index in [9.17, 15) is 14.4 Å². The second-order valence-corrected chi connectivity index (χ2v) is 6.61. The average molecular weight is 396 g/mol. The molecule has 0 radical (unpaired) electrons. The molecule has 1 aliphatic rings. The summed E-state index contributed by atoms with van der Waals surface area (Å²) in [6.07, 6.45) is -0.168. The number of carbonyl (C=O) groups excluding carboxylic acids is 3. The summed E-state index contributed by atoms with van der Waals surface area (Å²) in [6.45, 7) is 4.00. The highest BCUT2D eigenvalue weighted by Gasteiger charge is 2.29. The highest BCUT2D eigenvalue weighted by Crippen LogP contribution is 2.28. The molecule has 0 aromatic heterocycles. The number of nitrogens with one attached hydrogen (secondary N) is 1. The van der Waals surface area contributed by atoms with Crippen molar-refractivity contribution in [2.75, 3.05) is 24.6 Å². The van der Waals surface area contributed by atoms with Crippen LogP contribution in [0, 0.1) is 0 Å². The van der Waals surface area contributed by atoms with E-state index in [1.54, 1.807) is 29.2 Å². The maximum absolute atomic E-state index is 12.7. The van der Waals surface area contributed by atoms with E-state index in [0.29, 0.717) is 24.5 Å². The van der Waals surface area contributed by atoms with Gasteiger partial charge in [-0.1, -0.05) is 30.3 Å². The minimum atomic E-state index is -0.943. The largest absolute Gasteiger partial charge is 0.493 e. The number of benzene rings is 2. The first-order valence-electron chi connectivity index (χ1n) is 9.60. The lowest BCUT2D eigenvalue weighted by molar-refractivity contribution is -0.152. The minimum Gasteiger partial charge on any atom is -0.493 e. The van der Waals surface area contributed by atoms with Gasteiger partial charge in [0.2, 0.25) is 0 Å². The van der Waals surface area contributed by atoms with Gasteiger partial charge in [0.15, 0.2) is 6.10 Å². The van der Waals surface area contributed by atoms with Gasteiger partial charge < -0.3 is 19.7 Å². The van der Waals surface area contributed by atoms with Crippen molar-refractivity contribution in [1.82, 2.24) is 5.32 Å². The Bertz CT molecular complexity index is 912. The van der Waals surface area contributed by atoms with Crippen LogP contribution in [0.4, 0.5) is 5.69 Å². The van der Waals surface area contributed by atoms with Gasteiger partial charge in [-0.25, -0.2) is 0 Å². The number of hydrogen-bond donors (Lipinski definition) is 1. The van der Waals surface area contributed by atoms with Gasteiger partial charge in [-0.05, 0) is 44.0 Å². The number of ether oxygens (including phenoxy) is 2. The van der Waals surface area contributed by atoms with Gasteiger partial charge in [0, 0.05) is 12.2 Å². The fraction of sp³-hybridized carbons (Fsp3) is 0.318. The first-order valence-corrected chi connectivity index (χ1v) is 9.60. The van der Waals surface area contributed by atoms with Gasteiger partial charge in [0.1, 0.15) is 12.3 Å². The Hall–Kier alpha value is -3.35. The van der Waals surface area contributed by atoms with Crippen LogP contribution in [0.25, 0.3) is 0 Å². The summed E-state index contributed by atoms with van der Waals surface area (Å²) < 4.78 is 10.6. The van der Waals surface area contributed by atoms with Gasteiger partial charge >= 0.3 is 5.97 Å². The van der Waals surface area contributed by atoms with E-state index in [2.05, 4.69) is 5.32 Å². The molecule has 2 aromatic carbocycles. The molecule has 0 saturated carbocycles. The first kappa shape index (κ1) is 20.4. The van der Waals surface area contributed by atoms with E-state index < -0.39 is 18.0 Å². The summed E-state index contributed by atoms with van der Waals surface area (Å²) >= 11 is 0. The zero-order valence-electron chi connectivity index (χ0n) is 16.5. The number of rotatable bonds is 7.